The lowest BCUT2D eigenvalue weighted by Gasteiger charge is -2.30. The number of nitro groups is 1. The summed E-state index contributed by atoms with van der Waals surface area (Å²) in [6, 6.07) is 3.70. The van der Waals surface area contributed by atoms with E-state index in [1.165, 1.54) is 16.7 Å². The Morgan fingerprint density at radius 2 is 2.12 bits per heavy atom. The van der Waals surface area contributed by atoms with Gasteiger partial charge in [0.15, 0.2) is 5.16 Å². The first kappa shape index (κ1) is 24.5. The van der Waals surface area contributed by atoms with Gasteiger partial charge < -0.3 is 25.4 Å². The molecule has 2 aromatic rings. The molecular weight excluding hydrogens is 450 g/mol. The Kier molecular flexibility index (Phi) is 8.22. The molecule has 13 heteroatoms. The van der Waals surface area contributed by atoms with E-state index in [0.717, 1.165) is 11.4 Å². The van der Waals surface area contributed by atoms with E-state index in [1.807, 2.05) is 12.1 Å². The smallest absolute Gasteiger partial charge is 0.353 e. The van der Waals surface area contributed by atoms with Crippen LogP contribution in [0.1, 0.15) is 25.3 Å². The van der Waals surface area contributed by atoms with E-state index in [4.69, 9.17) is 10.5 Å². The summed E-state index contributed by atoms with van der Waals surface area (Å²) < 4.78 is 5.05. The number of piperidine rings is 1. The lowest BCUT2D eigenvalue weighted by Crippen LogP contribution is -2.36. The molecule has 1 aliphatic heterocycles. The molecule has 3 heterocycles. The highest BCUT2D eigenvalue weighted by Crippen LogP contribution is 2.33. The molecule has 178 valence electrons. The number of rotatable bonds is 9. The van der Waals surface area contributed by atoms with Gasteiger partial charge in [0.25, 0.3) is 0 Å². The number of hydrogen-bond donors (Lipinski definition) is 2. The van der Waals surface area contributed by atoms with Gasteiger partial charge in [-0.3, -0.25) is 14.9 Å². The Bertz CT molecular complexity index is 984. The third-order valence-corrected chi connectivity index (χ3v) is 5.68. The minimum atomic E-state index is -0.654. The van der Waals surface area contributed by atoms with Crippen molar-refractivity contribution in [2.75, 3.05) is 48.0 Å². The van der Waals surface area contributed by atoms with Crippen molar-refractivity contribution in [3.05, 3.63) is 34.0 Å². The molecular formula is C20H27N7O5S. The average Bonchev–Trinajstić information content (AvgIpc) is 2.79. The van der Waals surface area contributed by atoms with Gasteiger partial charge in [0.1, 0.15) is 12.4 Å². The fourth-order valence-corrected chi connectivity index (χ4v) is 3.87. The Morgan fingerprint density at radius 3 is 2.70 bits per heavy atom. The summed E-state index contributed by atoms with van der Waals surface area (Å²) in [5.74, 6) is -0.0985. The monoisotopic (exact) mass is 477 g/mol. The van der Waals surface area contributed by atoms with Crippen LogP contribution in [0, 0.1) is 10.1 Å². The summed E-state index contributed by atoms with van der Waals surface area (Å²) in [5, 5.41) is 21.7. The predicted octanol–water partition coefficient (Wildman–Crippen LogP) is 1.61. The number of hydrogen-bond acceptors (Lipinski definition) is 12. The number of nitrogens with zero attached hydrogens (tertiary/aromatic N) is 6. The molecule has 12 nitrogen and oxygen atoms in total. The lowest BCUT2D eigenvalue weighted by molar-refractivity contribution is -0.383. The van der Waals surface area contributed by atoms with Gasteiger partial charge in [0.05, 0.1) is 17.6 Å². The van der Waals surface area contributed by atoms with E-state index < -0.39 is 16.6 Å². The Morgan fingerprint density at radius 1 is 1.39 bits per heavy atom. The number of nitrogens with two attached hydrogens (primary N) is 1. The van der Waals surface area contributed by atoms with Crippen LogP contribution in [0.2, 0.25) is 0 Å². The van der Waals surface area contributed by atoms with Gasteiger partial charge in [-0.05, 0) is 37.7 Å². The number of thioether (sulfide) groups is 1. The third-order valence-electron chi connectivity index (χ3n) is 5.13. The predicted molar refractivity (Wildman–Crippen MR) is 124 cm³/mol. The average molecular weight is 478 g/mol. The summed E-state index contributed by atoms with van der Waals surface area (Å²) >= 11 is 1.18. The second kappa shape index (κ2) is 11.1. The number of carbonyl (C=O) groups is 1. The molecule has 0 radical (unpaired) electrons. The van der Waals surface area contributed by atoms with E-state index in [9.17, 15) is 20.0 Å². The van der Waals surface area contributed by atoms with Gasteiger partial charge in [-0.25, -0.2) is 4.98 Å². The van der Waals surface area contributed by atoms with Crippen LogP contribution in [-0.2, 0) is 16.1 Å². The molecule has 0 aromatic carbocycles. The minimum Gasteiger partial charge on any atom is -0.465 e. The fraction of sp³-hybridized carbons (Fsp3) is 0.500. The number of aliphatic hydroxyl groups excluding tert-OH is 1. The zero-order valence-corrected chi connectivity index (χ0v) is 19.3. The zero-order valence-electron chi connectivity index (χ0n) is 18.5. The largest absolute Gasteiger partial charge is 0.465 e. The Hall–Kier alpha value is -3.19. The first-order chi connectivity index (χ1) is 15.8. The van der Waals surface area contributed by atoms with Crippen LogP contribution >= 0.6 is 11.8 Å². The first-order valence-electron chi connectivity index (χ1n) is 10.5. The molecule has 3 N–H and O–H groups in total. The zero-order chi connectivity index (χ0) is 24.0. The van der Waals surface area contributed by atoms with Crippen molar-refractivity contribution in [1.82, 2.24) is 15.0 Å². The molecule has 3 rings (SSSR count). The molecule has 0 bridgehead atoms. The quantitative estimate of drug-likeness (QED) is 0.177. The van der Waals surface area contributed by atoms with Crippen LogP contribution in [0.4, 0.5) is 23.1 Å². The number of aromatic nitrogens is 3. The van der Waals surface area contributed by atoms with Gasteiger partial charge in [0, 0.05) is 25.8 Å². The molecule has 0 spiro atoms. The van der Waals surface area contributed by atoms with Crippen LogP contribution in [0.5, 0.6) is 0 Å². The molecule has 33 heavy (non-hydrogen) atoms. The molecule has 0 saturated carbocycles. The van der Waals surface area contributed by atoms with Crippen molar-refractivity contribution in [2.24, 2.45) is 0 Å². The second-order valence-electron chi connectivity index (χ2n) is 7.43. The van der Waals surface area contributed by atoms with Gasteiger partial charge in [0.2, 0.25) is 11.6 Å². The van der Waals surface area contributed by atoms with Gasteiger partial charge in [-0.2, -0.15) is 9.97 Å². The summed E-state index contributed by atoms with van der Waals surface area (Å²) in [5.41, 5.74) is 6.10. The molecule has 2 aromatic heterocycles. The van der Waals surface area contributed by atoms with E-state index in [2.05, 4.69) is 19.9 Å². The van der Waals surface area contributed by atoms with Crippen molar-refractivity contribution in [1.29, 1.82) is 0 Å². The van der Waals surface area contributed by atoms with Crippen LogP contribution in [-0.4, -0.2) is 69.6 Å². The van der Waals surface area contributed by atoms with Crippen molar-refractivity contribution in [3.63, 3.8) is 0 Å². The Balaban J connectivity index is 1.90. The minimum absolute atomic E-state index is 0.0565. The van der Waals surface area contributed by atoms with E-state index >= 15 is 0 Å². The Labute approximate surface area is 195 Å². The van der Waals surface area contributed by atoms with E-state index in [-0.39, 0.29) is 42.6 Å². The number of ether oxygens (including phenoxy) is 1. The van der Waals surface area contributed by atoms with Crippen LogP contribution in [0.25, 0.3) is 0 Å². The summed E-state index contributed by atoms with van der Waals surface area (Å²) in [6.07, 6.45) is 4.48. The molecule has 0 aliphatic carbocycles. The standard InChI is InChI=1S/C20H27N7O5S/c1-3-32-16(29)12-26(19-17(27(30)31)18(21)23-20(24-19)33-2)11-13-4-5-15(22-10-13)25-8-6-14(28)7-9-25/h4-5,10,14,28H,3,6-9,11-12H2,1-2H3,(H2,21,23,24). The number of esters is 1. The highest BCUT2D eigenvalue weighted by atomic mass is 32.2. The van der Waals surface area contributed by atoms with E-state index in [0.29, 0.717) is 25.9 Å². The molecule has 1 fully saturated rings. The third kappa shape index (κ3) is 6.20. The molecule has 1 saturated heterocycles. The molecule has 0 amide bonds. The van der Waals surface area contributed by atoms with Crippen molar-refractivity contribution < 1.29 is 19.6 Å². The number of nitrogen functional groups attached to an aromatic ring is 1. The van der Waals surface area contributed by atoms with Gasteiger partial charge in [-0.15, -0.1) is 0 Å². The fourth-order valence-electron chi connectivity index (χ4n) is 3.51. The summed E-state index contributed by atoms with van der Waals surface area (Å²) in [6.45, 7) is 3.15. The van der Waals surface area contributed by atoms with Crippen LogP contribution < -0.4 is 15.5 Å². The number of carbonyl (C=O) groups excluding carboxylic acids is 1. The maximum Gasteiger partial charge on any atom is 0.353 e. The van der Waals surface area contributed by atoms with Crippen molar-refractivity contribution >= 4 is 40.9 Å². The van der Waals surface area contributed by atoms with Crippen molar-refractivity contribution in [2.45, 2.75) is 37.6 Å². The number of anilines is 3. The maximum atomic E-state index is 12.3. The van der Waals surface area contributed by atoms with Crippen molar-refractivity contribution in [3.8, 4) is 0 Å². The normalized spacial score (nSPS) is 14.2. The summed E-state index contributed by atoms with van der Waals surface area (Å²) in [4.78, 5) is 39.6. The maximum absolute atomic E-state index is 12.3. The second-order valence-corrected chi connectivity index (χ2v) is 8.20. The highest BCUT2D eigenvalue weighted by Gasteiger charge is 2.29. The van der Waals surface area contributed by atoms with Gasteiger partial charge >= 0.3 is 11.7 Å². The van der Waals surface area contributed by atoms with E-state index in [1.54, 1.807) is 19.4 Å². The first-order valence-corrected chi connectivity index (χ1v) is 11.7. The molecule has 0 atom stereocenters. The van der Waals surface area contributed by atoms with Gasteiger partial charge in [-0.1, -0.05) is 17.8 Å². The van der Waals surface area contributed by atoms with Crippen LogP contribution in [0.15, 0.2) is 23.5 Å². The summed E-state index contributed by atoms with van der Waals surface area (Å²) in [7, 11) is 0. The number of pyridine rings is 1. The SMILES string of the molecule is CCOC(=O)CN(Cc1ccc(N2CCC(O)CC2)nc1)c1nc(SC)nc(N)c1[N+](=O)[O-]. The molecule has 1 aliphatic rings. The van der Waals surface area contributed by atoms with Crippen LogP contribution in [0.3, 0.4) is 0 Å². The molecule has 0 unspecified atom stereocenters. The highest BCUT2D eigenvalue weighted by molar-refractivity contribution is 7.98. The number of aliphatic hydroxyl groups is 1. The topological polar surface area (TPSA) is 161 Å². The lowest BCUT2D eigenvalue weighted by atomic mass is 10.1.